The number of morpholine rings is 1. The predicted octanol–water partition coefficient (Wildman–Crippen LogP) is 3.50. The van der Waals surface area contributed by atoms with Crippen LogP contribution in [-0.4, -0.2) is 83.4 Å². The first-order valence-corrected chi connectivity index (χ1v) is 14.0. The third kappa shape index (κ3) is 7.05. The summed E-state index contributed by atoms with van der Waals surface area (Å²) in [5, 5.41) is 3.43. The summed E-state index contributed by atoms with van der Waals surface area (Å²) in [6, 6.07) is 18.2. The van der Waals surface area contributed by atoms with Crippen molar-refractivity contribution in [3.8, 4) is 0 Å². The zero-order chi connectivity index (χ0) is 27.0. The highest BCUT2D eigenvalue weighted by molar-refractivity contribution is 8.22. The van der Waals surface area contributed by atoms with E-state index in [-0.39, 0.29) is 17.5 Å². The number of carbonyl (C=O) groups is 2. The van der Waals surface area contributed by atoms with Crippen LogP contribution in [0, 0.1) is 0 Å². The minimum absolute atomic E-state index is 0.150. The lowest BCUT2D eigenvalue weighted by Gasteiger charge is -2.35. The number of nitrogens with one attached hydrogen (secondary N) is 1. The summed E-state index contributed by atoms with van der Waals surface area (Å²) in [6.45, 7) is 5.08. The zero-order valence-corrected chi connectivity index (χ0v) is 23.0. The Kier molecular flexibility index (Phi) is 8.92. The predicted molar refractivity (Wildman–Crippen MR) is 154 cm³/mol. The number of rotatable bonds is 6. The van der Waals surface area contributed by atoms with Crippen LogP contribution in [0.15, 0.2) is 82.1 Å². The number of hydrogen-bond donors (Lipinski definition) is 1. The van der Waals surface area contributed by atoms with Crippen molar-refractivity contribution in [3.05, 3.63) is 83.9 Å². The summed E-state index contributed by atoms with van der Waals surface area (Å²) in [7, 11) is 0. The third-order valence-corrected chi connectivity index (χ3v) is 7.76. The van der Waals surface area contributed by atoms with Crippen LogP contribution < -0.4 is 10.2 Å². The smallest absolute Gasteiger partial charge is 0.270 e. The number of pyridine rings is 1. The number of carbonyl (C=O) groups excluding carboxylic acids is 2. The van der Waals surface area contributed by atoms with Gasteiger partial charge in [0.1, 0.15) is 21.6 Å². The number of piperazine rings is 1. The van der Waals surface area contributed by atoms with Gasteiger partial charge in [0.2, 0.25) is 0 Å². The number of ether oxygens (including phenoxy) is 1. The first kappa shape index (κ1) is 26.9. The number of nitrogens with zero attached hydrogens (tertiary/aromatic N) is 4. The average molecular weight is 564 g/mol. The van der Waals surface area contributed by atoms with Crippen molar-refractivity contribution in [3.63, 3.8) is 0 Å². The van der Waals surface area contributed by atoms with E-state index in [0.29, 0.717) is 60.1 Å². The Morgan fingerprint density at radius 1 is 0.897 bits per heavy atom. The number of anilines is 1. The highest BCUT2D eigenvalue weighted by Crippen LogP contribution is 2.26. The van der Waals surface area contributed by atoms with Gasteiger partial charge in [-0.15, -0.1) is 0 Å². The number of benzene rings is 1. The molecule has 3 aromatic rings. The van der Waals surface area contributed by atoms with E-state index >= 15 is 0 Å². The van der Waals surface area contributed by atoms with E-state index in [0.717, 1.165) is 18.9 Å². The maximum Gasteiger partial charge on any atom is 0.270 e. The van der Waals surface area contributed by atoms with Crippen molar-refractivity contribution in [2.24, 2.45) is 0 Å². The first-order valence-electron chi connectivity index (χ1n) is 12.7. The standard InChI is InChI=1S/C28H29N5O4S2/c34-26(21-6-2-1-3-7-21)30-23(27(35)32-14-12-31(13-15-32)24-8-4-5-11-29-24)20-22-9-10-25(37-22)39-28(38)33-16-18-36-19-17-33/h1-11,20H,12-19H2,(H,30,34)/b23-20+. The Labute approximate surface area is 236 Å². The molecule has 0 saturated carbocycles. The molecule has 202 valence electrons. The molecular weight excluding hydrogens is 534 g/mol. The molecule has 0 aliphatic carbocycles. The van der Waals surface area contributed by atoms with Crippen LogP contribution in [0.2, 0.25) is 0 Å². The topological polar surface area (TPSA) is 91.1 Å². The Bertz CT molecular complexity index is 1320. The molecule has 2 fully saturated rings. The third-order valence-electron chi connectivity index (χ3n) is 6.40. The normalized spacial score (nSPS) is 16.2. The largest absolute Gasteiger partial charge is 0.450 e. The fourth-order valence-electron chi connectivity index (χ4n) is 4.29. The van der Waals surface area contributed by atoms with Gasteiger partial charge in [0.25, 0.3) is 11.8 Å². The molecule has 2 aliphatic rings. The molecule has 0 unspecified atom stereocenters. The molecule has 5 rings (SSSR count). The van der Waals surface area contributed by atoms with E-state index in [1.807, 2.05) is 30.3 Å². The van der Waals surface area contributed by atoms with E-state index in [4.69, 9.17) is 21.4 Å². The Morgan fingerprint density at radius 3 is 2.36 bits per heavy atom. The van der Waals surface area contributed by atoms with E-state index < -0.39 is 0 Å². The minimum atomic E-state index is -0.364. The van der Waals surface area contributed by atoms with Gasteiger partial charge in [0, 0.05) is 57.1 Å². The van der Waals surface area contributed by atoms with E-state index in [1.54, 1.807) is 47.5 Å². The molecule has 0 bridgehead atoms. The van der Waals surface area contributed by atoms with Crippen LogP contribution >= 0.6 is 24.0 Å². The molecule has 9 nitrogen and oxygen atoms in total. The first-order chi connectivity index (χ1) is 19.1. The molecule has 2 saturated heterocycles. The van der Waals surface area contributed by atoms with Crippen molar-refractivity contribution in [2.45, 2.75) is 5.09 Å². The van der Waals surface area contributed by atoms with Crippen molar-refractivity contribution in [1.29, 1.82) is 0 Å². The lowest BCUT2D eigenvalue weighted by molar-refractivity contribution is -0.127. The van der Waals surface area contributed by atoms with Gasteiger partial charge >= 0.3 is 0 Å². The van der Waals surface area contributed by atoms with Gasteiger partial charge in [-0.05, 0) is 48.2 Å². The summed E-state index contributed by atoms with van der Waals surface area (Å²) in [6.07, 6.45) is 3.34. The second-order valence-electron chi connectivity index (χ2n) is 8.97. The quantitative estimate of drug-likeness (QED) is 0.275. The molecule has 4 heterocycles. The molecule has 39 heavy (non-hydrogen) atoms. The Morgan fingerprint density at radius 2 is 1.64 bits per heavy atom. The highest BCUT2D eigenvalue weighted by Gasteiger charge is 2.26. The average Bonchev–Trinajstić information content (AvgIpc) is 3.44. The molecule has 0 atom stereocenters. The van der Waals surface area contributed by atoms with Crippen molar-refractivity contribution < 1.29 is 18.7 Å². The summed E-state index contributed by atoms with van der Waals surface area (Å²) in [5.41, 5.74) is 0.611. The van der Waals surface area contributed by atoms with Gasteiger partial charge in [0.15, 0.2) is 5.09 Å². The molecule has 0 spiro atoms. The summed E-state index contributed by atoms with van der Waals surface area (Å²) < 4.78 is 12.1. The van der Waals surface area contributed by atoms with Gasteiger partial charge in [-0.2, -0.15) is 0 Å². The van der Waals surface area contributed by atoms with E-state index in [2.05, 4.69) is 20.1 Å². The molecular formula is C28H29N5O4S2. The van der Waals surface area contributed by atoms with E-state index in [1.165, 1.54) is 11.8 Å². The number of thiocarbonyl (C=S) groups is 1. The SMILES string of the molecule is O=C(N/C(=C/c1ccc(SC(=S)N2CCOCC2)o1)C(=O)N1CCN(c2ccccn2)CC1)c1ccccc1. The van der Waals surface area contributed by atoms with E-state index in [9.17, 15) is 9.59 Å². The molecule has 2 amide bonds. The van der Waals surface area contributed by atoms with Crippen LogP contribution in [0.1, 0.15) is 16.1 Å². The van der Waals surface area contributed by atoms with Gasteiger partial charge in [-0.1, -0.05) is 36.5 Å². The van der Waals surface area contributed by atoms with Crippen LogP contribution in [0.4, 0.5) is 5.82 Å². The molecule has 2 aliphatic heterocycles. The van der Waals surface area contributed by atoms with Crippen LogP contribution in [0.5, 0.6) is 0 Å². The maximum atomic E-state index is 13.6. The van der Waals surface area contributed by atoms with Gasteiger partial charge < -0.3 is 29.2 Å². The number of furan rings is 1. The van der Waals surface area contributed by atoms with Crippen molar-refractivity contribution in [2.75, 3.05) is 57.4 Å². The maximum absolute atomic E-state index is 13.6. The van der Waals surface area contributed by atoms with Crippen LogP contribution in [0.3, 0.4) is 0 Å². The fraction of sp³-hybridized carbons (Fsp3) is 0.286. The number of thioether (sulfide) groups is 1. The Hall–Kier alpha value is -3.67. The molecule has 1 N–H and O–H groups in total. The number of hydrogen-bond acceptors (Lipinski definition) is 8. The van der Waals surface area contributed by atoms with Crippen molar-refractivity contribution in [1.82, 2.24) is 20.1 Å². The van der Waals surface area contributed by atoms with Gasteiger partial charge in [0.05, 0.1) is 13.2 Å². The van der Waals surface area contributed by atoms with Gasteiger partial charge in [-0.25, -0.2) is 4.98 Å². The second-order valence-corrected chi connectivity index (χ2v) is 10.6. The summed E-state index contributed by atoms with van der Waals surface area (Å²) in [4.78, 5) is 37.0. The minimum Gasteiger partial charge on any atom is -0.450 e. The zero-order valence-electron chi connectivity index (χ0n) is 21.3. The molecule has 1 aromatic carbocycles. The van der Waals surface area contributed by atoms with Crippen LogP contribution in [-0.2, 0) is 9.53 Å². The Balaban J connectivity index is 1.30. The van der Waals surface area contributed by atoms with Crippen molar-refractivity contribution >= 4 is 52.0 Å². The number of amides is 2. The highest BCUT2D eigenvalue weighted by atomic mass is 32.2. The molecule has 11 heteroatoms. The fourth-order valence-corrected chi connectivity index (χ4v) is 5.48. The molecule has 2 aromatic heterocycles. The molecule has 0 radical (unpaired) electrons. The number of aromatic nitrogens is 1. The van der Waals surface area contributed by atoms with Gasteiger partial charge in [-0.3, -0.25) is 9.59 Å². The lowest BCUT2D eigenvalue weighted by atomic mass is 10.2. The van der Waals surface area contributed by atoms with Crippen LogP contribution in [0.25, 0.3) is 6.08 Å². The second kappa shape index (κ2) is 12.9. The summed E-state index contributed by atoms with van der Waals surface area (Å²) in [5.74, 6) is 0.700. The monoisotopic (exact) mass is 563 g/mol. The lowest BCUT2D eigenvalue weighted by Crippen LogP contribution is -2.50. The summed E-state index contributed by atoms with van der Waals surface area (Å²) >= 11 is 6.92.